The Kier molecular flexibility index (Phi) is 3.60. The maximum atomic E-state index is 4.72. The van der Waals surface area contributed by atoms with Gasteiger partial charge in [-0.05, 0) is 58.4 Å². The van der Waals surface area contributed by atoms with E-state index in [2.05, 4.69) is 41.1 Å². The molecule has 0 fully saturated rings. The molecule has 2 aromatic heterocycles. The van der Waals surface area contributed by atoms with Gasteiger partial charge in [0.2, 0.25) is 0 Å². The molecular weight excluding hydrogens is 284 g/mol. The van der Waals surface area contributed by atoms with Gasteiger partial charge in [-0.15, -0.1) is 0 Å². The van der Waals surface area contributed by atoms with Crippen LogP contribution >= 0.6 is 27.5 Å². The summed E-state index contributed by atoms with van der Waals surface area (Å²) in [4.78, 5) is 5.78. The maximum Gasteiger partial charge on any atom is 0.145 e. The van der Waals surface area contributed by atoms with E-state index >= 15 is 0 Å². The van der Waals surface area contributed by atoms with Crippen LogP contribution in [0.5, 0.6) is 0 Å². The summed E-state index contributed by atoms with van der Waals surface area (Å²) in [6.45, 7) is 6.57. The summed E-state index contributed by atoms with van der Waals surface area (Å²) in [6.07, 6.45) is 3.28. The minimum atomic E-state index is 0.942. The van der Waals surface area contributed by atoms with Gasteiger partial charge in [0.1, 0.15) is 9.43 Å². The average Bonchev–Trinajstić information content (AvgIpc) is 2.64. The molecule has 0 atom stereocenters. The SMILES string of the molecule is CCCc1c(CC)nc2snc(Br)c2c1C. The number of nitrogens with zero attached hydrogens (tertiary/aromatic N) is 2. The highest BCUT2D eigenvalue weighted by Crippen LogP contribution is 2.32. The van der Waals surface area contributed by atoms with Gasteiger partial charge in [-0.25, -0.2) is 4.98 Å². The molecule has 0 saturated heterocycles. The summed E-state index contributed by atoms with van der Waals surface area (Å²) in [6, 6.07) is 0. The van der Waals surface area contributed by atoms with Crippen LogP contribution in [0.3, 0.4) is 0 Å². The van der Waals surface area contributed by atoms with Crippen LogP contribution in [0.1, 0.15) is 37.1 Å². The fraction of sp³-hybridized carbons (Fsp3) is 0.500. The second-order valence-electron chi connectivity index (χ2n) is 3.92. The molecule has 0 saturated carbocycles. The van der Waals surface area contributed by atoms with Crippen molar-refractivity contribution in [3.05, 3.63) is 21.4 Å². The molecule has 0 radical (unpaired) electrons. The van der Waals surface area contributed by atoms with E-state index in [1.54, 1.807) is 0 Å². The highest BCUT2D eigenvalue weighted by atomic mass is 79.9. The summed E-state index contributed by atoms with van der Waals surface area (Å²) in [7, 11) is 0. The zero-order chi connectivity index (χ0) is 11.7. The van der Waals surface area contributed by atoms with Gasteiger partial charge in [0, 0.05) is 11.1 Å². The molecule has 0 aliphatic heterocycles. The highest BCUT2D eigenvalue weighted by Gasteiger charge is 2.14. The Morgan fingerprint density at radius 3 is 2.69 bits per heavy atom. The Morgan fingerprint density at radius 2 is 2.06 bits per heavy atom. The summed E-state index contributed by atoms with van der Waals surface area (Å²) in [5.74, 6) is 0. The number of aromatic nitrogens is 2. The molecule has 0 N–H and O–H groups in total. The standard InChI is InChI=1S/C12H15BrN2S/c1-4-6-8-7(3)10-11(13)15-16-12(10)14-9(8)5-2/h4-6H2,1-3H3. The molecule has 2 rings (SSSR count). The number of hydrogen-bond donors (Lipinski definition) is 0. The van der Waals surface area contributed by atoms with E-state index in [-0.39, 0.29) is 0 Å². The number of pyridine rings is 1. The normalized spacial score (nSPS) is 11.2. The van der Waals surface area contributed by atoms with Gasteiger partial charge < -0.3 is 0 Å². The molecule has 0 spiro atoms. The first-order valence-electron chi connectivity index (χ1n) is 5.62. The molecule has 16 heavy (non-hydrogen) atoms. The maximum absolute atomic E-state index is 4.72. The second kappa shape index (κ2) is 4.80. The van der Waals surface area contributed by atoms with Crippen molar-refractivity contribution in [2.75, 3.05) is 0 Å². The first kappa shape index (κ1) is 12.0. The topological polar surface area (TPSA) is 25.8 Å². The van der Waals surface area contributed by atoms with E-state index in [1.165, 1.54) is 33.7 Å². The number of hydrogen-bond acceptors (Lipinski definition) is 3. The zero-order valence-corrected chi connectivity index (χ0v) is 12.2. The number of halogens is 1. The lowest BCUT2D eigenvalue weighted by molar-refractivity contribution is 0.875. The molecule has 2 aromatic rings. The zero-order valence-electron chi connectivity index (χ0n) is 9.80. The van der Waals surface area contributed by atoms with Crippen molar-refractivity contribution >= 4 is 37.7 Å². The van der Waals surface area contributed by atoms with Crippen LogP contribution in [0.15, 0.2) is 4.60 Å². The van der Waals surface area contributed by atoms with Crippen LogP contribution in [0.25, 0.3) is 10.2 Å². The third-order valence-electron chi connectivity index (χ3n) is 2.88. The Hall–Kier alpha value is -0.480. The van der Waals surface area contributed by atoms with Crippen molar-refractivity contribution in [1.29, 1.82) is 0 Å². The van der Waals surface area contributed by atoms with E-state index in [1.807, 2.05) is 0 Å². The lowest BCUT2D eigenvalue weighted by atomic mass is 9.99. The van der Waals surface area contributed by atoms with E-state index in [4.69, 9.17) is 4.98 Å². The van der Waals surface area contributed by atoms with Crippen molar-refractivity contribution in [3.63, 3.8) is 0 Å². The third kappa shape index (κ3) is 1.89. The minimum absolute atomic E-state index is 0.942. The molecular formula is C12H15BrN2S. The van der Waals surface area contributed by atoms with E-state index in [0.29, 0.717) is 0 Å². The first-order chi connectivity index (χ1) is 7.69. The lowest BCUT2D eigenvalue weighted by Gasteiger charge is -2.10. The first-order valence-corrected chi connectivity index (χ1v) is 7.18. The van der Waals surface area contributed by atoms with Crippen LogP contribution < -0.4 is 0 Å². The summed E-state index contributed by atoms with van der Waals surface area (Å²) >= 11 is 4.99. The van der Waals surface area contributed by atoms with Gasteiger partial charge in [0.25, 0.3) is 0 Å². The summed E-state index contributed by atoms with van der Waals surface area (Å²) < 4.78 is 5.27. The Morgan fingerprint density at radius 1 is 1.31 bits per heavy atom. The molecule has 0 aromatic carbocycles. The van der Waals surface area contributed by atoms with Gasteiger partial charge in [0.15, 0.2) is 0 Å². The molecule has 0 bridgehead atoms. The second-order valence-corrected chi connectivity index (χ2v) is 5.42. The Balaban J connectivity index is 2.74. The van der Waals surface area contributed by atoms with Crippen LogP contribution in [0, 0.1) is 6.92 Å². The number of rotatable bonds is 3. The van der Waals surface area contributed by atoms with E-state index < -0.39 is 0 Å². The molecule has 4 heteroatoms. The predicted molar refractivity (Wildman–Crippen MR) is 73.2 cm³/mol. The van der Waals surface area contributed by atoms with Crippen molar-refractivity contribution in [1.82, 2.24) is 9.36 Å². The fourth-order valence-corrected chi connectivity index (χ4v) is 3.67. The van der Waals surface area contributed by atoms with Crippen molar-refractivity contribution < 1.29 is 0 Å². The van der Waals surface area contributed by atoms with Crippen molar-refractivity contribution in [2.45, 2.75) is 40.0 Å². The smallest absolute Gasteiger partial charge is 0.145 e. The number of aryl methyl sites for hydroxylation is 2. The van der Waals surface area contributed by atoms with Crippen LogP contribution in [0.4, 0.5) is 0 Å². The number of fused-ring (bicyclic) bond motifs is 1. The molecule has 2 heterocycles. The highest BCUT2D eigenvalue weighted by molar-refractivity contribution is 9.10. The van der Waals surface area contributed by atoms with E-state index in [0.717, 1.165) is 28.7 Å². The Labute approximate surface area is 108 Å². The average molecular weight is 299 g/mol. The van der Waals surface area contributed by atoms with Gasteiger partial charge >= 0.3 is 0 Å². The quantitative estimate of drug-likeness (QED) is 0.845. The Bertz CT molecular complexity index is 519. The van der Waals surface area contributed by atoms with Crippen LogP contribution in [-0.4, -0.2) is 9.36 Å². The monoisotopic (exact) mass is 298 g/mol. The third-order valence-corrected chi connectivity index (χ3v) is 4.43. The molecule has 0 unspecified atom stereocenters. The van der Waals surface area contributed by atoms with Crippen molar-refractivity contribution in [3.8, 4) is 0 Å². The summed E-state index contributed by atoms with van der Waals surface area (Å²) in [5, 5.41) is 1.20. The summed E-state index contributed by atoms with van der Waals surface area (Å²) in [5.41, 5.74) is 4.01. The molecule has 86 valence electrons. The molecule has 0 aliphatic rings. The minimum Gasteiger partial charge on any atom is -0.240 e. The largest absolute Gasteiger partial charge is 0.240 e. The molecule has 0 amide bonds. The van der Waals surface area contributed by atoms with Gasteiger partial charge in [-0.2, -0.15) is 4.37 Å². The van der Waals surface area contributed by atoms with E-state index in [9.17, 15) is 0 Å². The van der Waals surface area contributed by atoms with Gasteiger partial charge in [-0.3, -0.25) is 0 Å². The lowest BCUT2D eigenvalue weighted by Crippen LogP contribution is -2.00. The van der Waals surface area contributed by atoms with Crippen molar-refractivity contribution in [2.24, 2.45) is 0 Å². The van der Waals surface area contributed by atoms with Crippen LogP contribution in [0.2, 0.25) is 0 Å². The predicted octanol–water partition coefficient (Wildman–Crippen LogP) is 4.28. The molecule has 2 nitrogen and oxygen atoms in total. The molecule has 0 aliphatic carbocycles. The van der Waals surface area contributed by atoms with Gasteiger partial charge in [-0.1, -0.05) is 20.3 Å². The van der Waals surface area contributed by atoms with Crippen LogP contribution in [-0.2, 0) is 12.8 Å². The van der Waals surface area contributed by atoms with Gasteiger partial charge in [0.05, 0.1) is 0 Å². The fourth-order valence-electron chi connectivity index (χ4n) is 2.09.